The molecule has 0 atom stereocenters. The molecular formula is C23H29N3O3. The Morgan fingerprint density at radius 1 is 1.17 bits per heavy atom. The number of hydrogen-bond acceptors (Lipinski definition) is 5. The number of fused-ring (bicyclic) bond motifs is 1. The van der Waals surface area contributed by atoms with Crippen LogP contribution in [0.25, 0.3) is 0 Å². The lowest BCUT2D eigenvalue weighted by Gasteiger charge is -2.39. The van der Waals surface area contributed by atoms with Crippen molar-refractivity contribution in [2.45, 2.75) is 32.7 Å². The summed E-state index contributed by atoms with van der Waals surface area (Å²) < 4.78 is 6.16. The Morgan fingerprint density at radius 3 is 2.59 bits per heavy atom. The maximum Gasteiger partial charge on any atom is 0.313 e. The molecule has 0 saturated carbocycles. The molecule has 6 heteroatoms. The Morgan fingerprint density at radius 2 is 1.90 bits per heavy atom. The minimum absolute atomic E-state index is 0.210. The third kappa shape index (κ3) is 4.08. The van der Waals surface area contributed by atoms with Crippen molar-refractivity contribution < 1.29 is 14.6 Å². The Labute approximate surface area is 172 Å². The molecule has 0 unspecified atom stereocenters. The summed E-state index contributed by atoms with van der Waals surface area (Å²) in [5, 5.41) is 10.0. The fourth-order valence-electron chi connectivity index (χ4n) is 4.39. The standard InChI is InChI=1S/C23H29N3O3/c1-17-13-18-5-10-25(2)15-19(18)14-21(17)29-16-23(22(27)28)6-11-26(12-7-23)20-3-8-24-9-4-20/h3-4,8-9,13-14H,5-7,10-12,15-16H2,1-2H3,(H,27,28). The molecule has 29 heavy (non-hydrogen) atoms. The van der Waals surface area contributed by atoms with Gasteiger partial charge in [0, 0.05) is 44.3 Å². The maximum atomic E-state index is 12.2. The Bertz CT molecular complexity index is 876. The first-order valence-electron chi connectivity index (χ1n) is 10.3. The van der Waals surface area contributed by atoms with E-state index in [4.69, 9.17) is 4.74 Å². The van der Waals surface area contributed by atoms with Gasteiger partial charge in [0.25, 0.3) is 0 Å². The first-order chi connectivity index (χ1) is 14.0. The highest BCUT2D eigenvalue weighted by molar-refractivity contribution is 5.75. The lowest BCUT2D eigenvalue weighted by molar-refractivity contribution is -0.152. The summed E-state index contributed by atoms with van der Waals surface area (Å²) in [6, 6.07) is 8.26. The van der Waals surface area contributed by atoms with Gasteiger partial charge in [0.2, 0.25) is 0 Å². The number of aliphatic carboxylic acids is 1. The predicted octanol–water partition coefficient (Wildman–Crippen LogP) is 3.13. The number of ether oxygens (including phenoxy) is 1. The number of piperidine rings is 1. The maximum absolute atomic E-state index is 12.2. The largest absolute Gasteiger partial charge is 0.492 e. The van der Waals surface area contributed by atoms with E-state index in [2.05, 4.69) is 34.0 Å². The Kier molecular flexibility index (Phi) is 5.46. The summed E-state index contributed by atoms with van der Waals surface area (Å²) in [6.45, 7) is 5.65. The molecule has 154 valence electrons. The second-order valence-corrected chi connectivity index (χ2v) is 8.44. The topological polar surface area (TPSA) is 65.9 Å². The van der Waals surface area contributed by atoms with Gasteiger partial charge in [-0.25, -0.2) is 0 Å². The number of carbonyl (C=O) groups is 1. The molecule has 1 fully saturated rings. The summed E-state index contributed by atoms with van der Waals surface area (Å²) in [5.41, 5.74) is 4.00. The van der Waals surface area contributed by atoms with Crippen LogP contribution in [-0.2, 0) is 17.8 Å². The van der Waals surface area contributed by atoms with Crippen LogP contribution in [0.4, 0.5) is 5.69 Å². The zero-order valence-corrected chi connectivity index (χ0v) is 17.2. The van der Waals surface area contributed by atoms with Crippen molar-refractivity contribution in [3.63, 3.8) is 0 Å². The molecule has 4 rings (SSSR count). The van der Waals surface area contributed by atoms with Gasteiger partial charge in [-0.3, -0.25) is 9.78 Å². The zero-order chi connectivity index (χ0) is 20.4. The minimum Gasteiger partial charge on any atom is -0.492 e. The molecule has 1 N–H and O–H groups in total. The average molecular weight is 396 g/mol. The average Bonchev–Trinajstić information content (AvgIpc) is 2.73. The van der Waals surface area contributed by atoms with Gasteiger partial charge in [-0.1, -0.05) is 6.07 Å². The second kappa shape index (κ2) is 8.03. The lowest BCUT2D eigenvalue weighted by atomic mass is 9.79. The smallest absolute Gasteiger partial charge is 0.313 e. The Hall–Kier alpha value is -2.60. The van der Waals surface area contributed by atoms with Crippen LogP contribution in [0.5, 0.6) is 5.75 Å². The molecule has 1 aromatic carbocycles. The molecule has 6 nitrogen and oxygen atoms in total. The van der Waals surface area contributed by atoms with Crippen LogP contribution in [0.3, 0.4) is 0 Å². The van der Waals surface area contributed by atoms with Crippen LogP contribution >= 0.6 is 0 Å². The quantitative estimate of drug-likeness (QED) is 0.839. The summed E-state index contributed by atoms with van der Waals surface area (Å²) in [5.74, 6) is 0.0541. The summed E-state index contributed by atoms with van der Waals surface area (Å²) >= 11 is 0. The van der Waals surface area contributed by atoms with E-state index in [0.29, 0.717) is 25.9 Å². The normalized spacial score (nSPS) is 18.9. The van der Waals surface area contributed by atoms with Crippen LogP contribution in [0, 0.1) is 12.3 Å². The summed E-state index contributed by atoms with van der Waals surface area (Å²) in [4.78, 5) is 20.8. The van der Waals surface area contributed by atoms with E-state index in [1.54, 1.807) is 12.4 Å². The van der Waals surface area contributed by atoms with Crippen LogP contribution in [0.15, 0.2) is 36.7 Å². The van der Waals surface area contributed by atoms with Gasteiger partial charge in [-0.15, -0.1) is 0 Å². The summed E-state index contributed by atoms with van der Waals surface area (Å²) in [6.07, 6.45) is 5.73. The van der Waals surface area contributed by atoms with Gasteiger partial charge in [-0.2, -0.15) is 0 Å². The number of carboxylic acid groups (broad SMARTS) is 1. The van der Waals surface area contributed by atoms with E-state index < -0.39 is 11.4 Å². The molecule has 2 aliphatic rings. The van der Waals surface area contributed by atoms with E-state index in [0.717, 1.165) is 36.5 Å². The fourth-order valence-corrected chi connectivity index (χ4v) is 4.39. The van der Waals surface area contributed by atoms with Crippen molar-refractivity contribution >= 4 is 11.7 Å². The van der Waals surface area contributed by atoms with E-state index >= 15 is 0 Å². The van der Waals surface area contributed by atoms with Crippen molar-refractivity contribution in [2.75, 3.05) is 38.2 Å². The molecule has 1 saturated heterocycles. The molecule has 1 aromatic heterocycles. The van der Waals surface area contributed by atoms with Gasteiger partial charge in [-0.05, 0) is 68.1 Å². The first-order valence-corrected chi connectivity index (χ1v) is 10.3. The van der Waals surface area contributed by atoms with Gasteiger partial charge >= 0.3 is 5.97 Å². The number of pyridine rings is 1. The van der Waals surface area contributed by atoms with E-state index in [9.17, 15) is 9.90 Å². The predicted molar refractivity (Wildman–Crippen MR) is 112 cm³/mol. The number of hydrogen-bond donors (Lipinski definition) is 1. The van der Waals surface area contributed by atoms with Crippen LogP contribution < -0.4 is 9.64 Å². The highest BCUT2D eigenvalue weighted by atomic mass is 16.5. The number of aromatic nitrogens is 1. The van der Waals surface area contributed by atoms with E-state index in [1.165, 1.54) is 11.1 Å². The number of aryl methyl sites for hydroxylation is 1. The fraction of sp³-hybridized carbons (Fsp3) is 0.478. The lowest BCUT2D eigenvalue weighted by Crippen LogP contribution is -2.47. The second-order valence-electron chi connectivity index (χ2n) is 8.44. The Balaban J connectivity index is 1.46. The van der Waals surface area contributed by atoms with Gasteiger partial charge in [0.05, 0.1) is 0 Å². The van der Waals surface area contributed by atoms with E-state index in [-0.39, 0.29) is 6.61 Å². The van der Waals surface area contributed by atoms with Crippen LogP contribution in [0.2, 0.25) is 0 Å². The number of likely N-dealkylation sites (N-methyl/N-ethyl adjacent to an activating group) is 1. The minimum atomic E-state index is -0.845. The first kappa shape index (κ1) is 19.7. The van der Waals surface area contributed by atoms with E-state index in [1.807, 2.05) is 19.1 Å². The molecule has 0 radical (unpaired) electrons. The molecule has 0 spiro atoms. The van der Waals surface area contributed by atoms with Gasteiger partial charge in [0.1, 0.15) is 17.8 Å². The molecule has 2 aliphatic heterocycles. The third-order valence-electron chi connectivity index (χ3n) is 6.41. The molecule has 3 heterocycles. The molecule has 0 amide bonds. The van der Waals surface area contributed by atoms with Gasteiger partial charge < -0.3 is 19.6 Å². The number of anilines is 1. The number of benzene rings is 1. The summed E-state index contributed by atoms with van der Waals surface area (Å²) in [7, 11) is 2.12. The highest BCUT2D eigenvalue weighted by Crippen LogP contribution is 2.36. The number of carboxylic acids is 1. The van der Waals surface area contributed by atoms with Crippen LogP contribution in [-0.4, -0.2) is 54.2 Å². The van der Waals surface area contributed by atoms with Crippen molar-refractivity contribution in [3.8, 4) is 5.75 Å². The number of rotatable bonds is 5. The van der Waals surface area contributed by atoms with Crippen LogP contribution in [0.1, 0.15) is 29.5 Å². The highest BCUT2D eigenvalue weighted by Gasteiger charge is 2.42. The third-order valence-corrected chi connectivity index (χ3v) is 6.41. The zero-order valence-electron chi connectivity index (χ0n) is 17.2. The van der Waals surface area contributed by atoms with Gasteiger partial charge in [0.15, 0.2) is 0 Å². The molecule has 0 aliphatic carbocycles. The van der Waals surface area contributed by atoms with Crippen molar-refractivity contribution in [1.29, 1.82) is 0 Å². The SMILES string of the molecule is Cc1cc2c(cc1OCC1(C(=O)O)CCN(c3ccncc3)CC1)CN(C)CC2. The molecule has 2 aromatic rings. The van der Waals surface area contributed by atoms with Crippen molar-refractivity contribution in [3.05, 3.63) is 53.3 Å². The molecular weight excluding hydrogens is 366 g/mol. The van der Waals surface area contributed by atoms with Crippen molar-refractivity contribution in [2.24, 2.45) is 5.41 Å². The number of nitrogens with zero attached hydrogens (tertiary/aromatic N) is 3. The molecule has 0 bridgehead atoms. The monoisotopic (exact) mass is 395 g/mol. The van der Waals surface area contributed by atoms with Crippen molar-refractivity contribution in [1.82, 2.24) is 9.88 Å².